The molecule has 3 aromatic carbocycles. The van der Waals surface area contributed by atoms with Crippen LogP contribution in [0.1, 0.15) is 17.2 Å². The van der Waals surface area contributed by atoms with Crippen LogP contribution in [-0.4, -0.2) is 6.36 Å². The van der Waals surface area contributed by atoms with Gasteiger partial charge in [-0.3, -0.25) is 0 Å². The molecule has 0 radical (unpaired) electrons. The number of benzene rings is 3. The number of nitrogens with one attached hydrogen (secondary N) is 1. The van der Waals surface area contributed by atoms with Crippen molar-refractivity contribution in [1.29, 1.82) is 0 Å². The van der Waals surface area contributed by atoms with E-state index in [1.165, 1.54) is 28.5 Å². The lowest BCUT2D eigenvalue weighted by Crippen LogP contribution is -2.17. The summed E-state index contributed by atoms with van der Waals surface area (Å²) in [4.78, 5) is 0. The van der Waals surface area contributed by atoms with Crippen molar-refractivity contribution in [1.82, 2.24) is 0 Å². The third kappa shape index (κ3) is 2.77. The highest BCUT2D eigenvalue weighted by molar-refractivity contribution is 5.91. The van der Waals surface area contributed by atoms with Crippen LogP contribution in [0.3, 0.4) is 0 Å². The minimum Gasteiger partial charge on any atom is -0.406 e. The molecular weight excluding hydrogens is 315 g/mol. The fourth-order valence-electron chi connectivity index (χ4n) is 3.24. The van der Waals surface area contributed by atoms with Crippen molar-refractivity contribution >= 4 is 16.5 Å². The van der Waals surface area contributed by atoms with Gasteiger partial charge in [-0.2, -0.15) is 0 Å². The van der Waals surface area contributed by atoms with Gasteiger partial charge >= 0.3 is 6.36 Å². The summed E-state index contributed by atoms with van der Waals surface area (Å²) < 4.78 is 40.6. The maximum atomic E-state index is 12.2. The predicted molar refractivity (Wildman–Crippen MR) is 87.1 cm³/mol. The van der Waals surface area contributed by atoms with Crippen LogP contribution in [0.4, 0.5) is 18.9 Å². The second-order valence-electron chi connectivity index (χ2n) is 5.83. The van der Waals surface area contributed by atoms with Gasteiger partial charge in [0.1, 0.15) is 5.75 Å². The summed E-state index contributed by atoms with van der Waals surface area (Å²) in [6.45, 7) is 0. The lowest BCUT2D eigenvalue weighted by Gasteiger charge is -2.13. The lowest BCUT2D eigenvalue weighted by atomic mass is 9.98. The van der Waals surface area contributed by atoms with Gasteiger partial charge in [-0.1, -0.05) is 42.5 Å². The first kappa shape index (κ1) is 14.9. The van der Waals surface area contributed by atoms with Crippen molar-refractivity contribution in [2.45, 2.75) is 18.8 Å². The number of alkyl halides is 3. The summed E-state index contributed by atoms with van der Waals surface area (Å²) >= 11 is 0. The molecule has 0 bridgehead atoms. The second-order valence-corrected chi connectivity index (χ2v) is 5.83. The molecule has 0 fully saturated rings. The Bertz CT molecular complexity index is 887. The third-order valence-corrected chi connectivity index (χ3v) is 4.29. The SMILES string of the molecule is FC(F)(F)Oc1ccc(C2Cc3c(ccc4ccccc34)N2)cc1. The Morgan fingerprint density at radius 2 is 1.67 bits per heavy atom. The van der Waals surface area contributed by atoms with Gasteiger partial charge in [-0.25, -0.2) is 0 Å². The molecule has 0 amide bonds. The van der Waals surface area contributed by atoms with Crippen LogP contribution in [0.2, 0.25) is 0 Å². The van der Waals surface area contributed by atoms with Crippen molar-refractivity contribution in [3.63, 3.8) is 0 Å². The van der Waals surface area contributed by atoms with Crippen LogP contribution in [-0.2, 0) is 6.42 Å². The van der Waals surface area contributed by atoms with Gasteiger partial charge in [0.15, 0.2) is 0 Å². The molecule has 0 saturated carbocycles. The van der Waals surface area contributed by atoms with Crippen molar-refractivity contribution in [2.75, 3.05) is 5.32 Å². The van der Waals surface area contributed by atoms with Gasteiger partial charge in [0.25, 0.3) is 0 Å². The fraction of sp³-hybridized carbons (Fsp3) is 0.158. The number of fused-ring (bicyclic) bond motifs is 3. The quantitative estimate of drug-likeness (QED) is 0.675. The first-order valence-electron chi connectivity index (χ1n) is 7.62. The summed E-state index contributed by atoms with van der Waals surface area (Å²) in [5.41, 5.74) is 3.26. The van der Waals surface area contributed by atoms with E-state index in [4.69, 9.17) is 0 Å². The average Bonchev–Trinajstić information content (AvgIpc) is 2.98. The standard InChI is InChI=1S/C19H14F3NO/c20-19(21,22)24-14-8-5-13(6-9-14)18-11-16-15-4-2-1-3-12(15)7-10-17(16)23-18/h1-10,18,23H,11H2. The Morgan fingerprint density at radius 3 is 2.42 bits per heavy atom. The summed E-state index contributed by atoms with van der Waals surface area (Å²) in [7, 11) is 0. The molecule has 1 heterocycles. The molecule has 1 unspecified atom stereocenters. The Labute approximate surface area is 136 Å². The normalized spacial score (nSPS) is 16.7. The van der Waals surface area contributed by atoms with Gasteiger partial charge in [0, 0.05) is 5.69 Å². The van der Waals surface area contributed by atoms with Crippen molar-refractivity contribution < 1.29 is 17.9 Å². The molecule has 122 valence electrons. The minimum atomic E-state index is -4.66. The Hall–Kier alpha value is -2.69. The maximum absolute atomic E-state index is 12.2. The maximum Gasteiger partial charge on any atom is 0.573 e. The van der Waals surface area contributed by atoms with Gasteiger partial charge in [0.2, 0.25) is 0 Å². The minimum absolute atomic E-state index is 0.0470. The molecule has 1 aliphatic heterocycles. The molecule has 4 rings (SSSR count). The zero-order valence-electron chi connectivity index (χ0n) is 12.6. The molecular formula is C19H14F3NO. The predicted octanol–water partition coefficient (Wildman–Crippen LogP) is 5.45. The molecule has 1 N–H and O–H groups in total. The van der Waals surface area contributed by atoms with Crippen LogP contribution >= 0.6 is 0 Å². The summed E-state index contributed by atoms with van der Waals surface area (Å²) in [6.07, 6.45) is -3.86. The Morgan fingerprint density at radius 1 is 0.917 bits per heavy atom. The highest BCUT2D eigenvalue weighted by Gasteiger charge is 2.31. The highest BCUT2D eigenvalue weighted by atomic mass is 19.4. The van der Waals surface area contributed by atoms with Gasteiger partial charge in [-0.15, -0.1) is 13.2 Å². The van der Waals surface area contributed by atoms with Crippen LogP contribution in [0.15, 0.2) is 60.7 Å². The molecule has 3 aromatic rings. The van der Waals surface area contributed by atoms with Crippen molar-refractivity contribution in [3.8, 4) is 5.75 Å². The van der Waals surface area contributed by atoms with Gasteiger partial charge < -0.3 is 10.1 Å². The van der Waals surface area contributed by atoms with E-state index in [9.17, 15) is 13.2 Å². The van der Waals surface area contributed by atoms with E-state index in [1.807, 2.05) is 12.1 Å². The highest BCUT2D eigenvalue weighted by Crippen LogP contribution is 2.39. The lowest BCUT2D eigenvalue weighted by molar-refractivity contribution is -0.274. The molecule has 1 atom stereocenters. The number of ether oxygens (including phenoxy) is 1. The van der Waals surface area contributed by atoms with E-state index in [-0.39, 0.29) is 11.8 Å². The van der Waals surface area contributed by atoms with E-state index in [2.05, 4.69) is 34.3 Å². The smallest absolute Gasteiger partial charge is 0.406 e. The van der Waals surface area contributed by atoms with E-state index < -0.39 is 6.36 Å². The van der Waals surface area contributed by atoms with Crippen LogP contribution < -0.4 is 10.1 Å². The van der Waals surface area contributed by atoms with Crippen LogP contribution in [0, 0.1) is 0 Å². The largest absolute Gasteiger partial charge is 0.573 e. The Balaban J connectivity index is 1.59. The number of hydrogen-bond acceptors (Lipinski definition) is 2. The summed E-state index contributed by atoms with van der Waals surface area (Å²) in [5, 5.41) is 5.85. The van der Waals surface area contributed by atoms with E-state index in [0.717, 1.165) is 17.7 Å². The van der Waals surface area contributed by atoms with Gasteiger partial charge in [0.05, 0.1) is 6.04 Å². The van der Waals surface area contributed by atoms with E-state index in [1.54, 1.807) is 12.1 Å². The third-order valence-electron chi connectivity index (χ3n) is 4.29. The molecule has 5 heteroatoms. The number of rotatable bonds is 2. The molecule has 0 aromatic heterocycles. The summed E-state index contributed by atoms with van der Waals surface area (Å²) in [6, 6.07) is 18.4. The molecule has 2 nitrogen and oxygen atoms in total. The van der Waals surface area contributed by atoms with E-state index >= 15 is 0 Å². The Kier molecular flexibility index (Phi) is 3.37. The zero-order valence-corrected chi connectivity index (χ0v) is 12.6. The first-order chi connectivity index (χ1) is 11.5. The molecule has 0 aliphatic carbocycles. The molecule has 0 saturated heterocycles. The number of anilines is 1. The average molecular weight is 329 g/mol. The monoisotopic (exact) mass is 329 g/mol. The second kappa shape index (κ2) is 5.44. The molecule has 1 aliphatic rings. The van der Waals surface area contributed by atoms with Crippen LogP contribution in [0.25, 0.3) is 10.8 Å². The van der Waals surface area contributed by atoms with E-state index in [0.29, 0.717) is 0 Å². The first-order valence-corrected chi connectivity index (χ1v) is 7.62. The molecule has 24 heavy (non-hydrogen) atoms. The van der Waals surface area contributed by atoms with Crippen LogP contribution in [0.5, 0.6) is 5.75 Å². The van der Waals surface area contributed by atoms with Crippen molar-refractivity contribution in [3.05, 3.63) is 71.8 Å². The van der Waals surface area contributed by atoms with Crippen molar-refractivity contribution in [2.24, 2.45) is 0 Å². The molecule has 0 spiro atoms. The fourth-order valence-corrected chi connectivity index (χ4v) is 3.24. The van der Waals surface area contributed by atoms with Gasteiger partial charge in [-0.05, 0) is 46.5 Å². The zero-order chi connectivity index (χ0) is 16.7. The summed E-state index contributed by atoms with van der Waals surface area (Å²) in [5.74, 6) is -0.202. The topological polar surface area (TPSA) is 21.3 Å². The number of halogens is 3. The number of hydrogen-bond donors (Lipinski definition) is 1.